The summed E-state index contributed by atoms with van der Waals surface area (Å²) in [6, 6.07) is 6.53. The van der Waals surface area contributed by atoms with Gasteiger partial charge in [0.2, 0.25) is 5.91 Å². The third kappa shape index (κ3) is 3.87. The van der Waals surface area contributed by atoms with Crippen molar-refractivity contribution in [2.45, 2.75) is 6.04 Å². The van der Waals surface area contributed by atoms with Gasteiger partial charge in [0.15, 0.2) is 0 Å². The topological polar surface area (TPSA) is 93.4 Å². The summed E-state index contributed by atoms with van der Waals surface area (Å²) >= 11 is 1.11. The fraction of sp³-hybridized carbons (Fsp3) is 0.333. The van der Waals surface area contributed by atoms with Gasteiger partial charge in [-0.25, -0.2) is 0 Å². The van der Waals surface area contributed by atoms with E-state index in [0.717, 1.165) is 11.8 Å². The fourth-order valence-electron chi connectivity index (χ4n) is 1.57. The van der Waals surface area contributed by atoms with Crippen LogP contribution < -0.4 is 21.1 Å². The zero-order valence-corrected chi connectivity index (χ0v) is 11.0. The highest BCUT2D eigenvalue weighted by Gasteiger charge is 2.27. The normalized spacial score (nSPS) is 17.9. The van der Waals surface area contributed by atoms with Crippen LogP contribution in [0.4, 0.5) is 10.5 Å². The third-order valence-corrected chi connectivity index (χ3v) is 3.38. The number of anilines is 1. The lowest BCUT2D eigenvalue weighted by Crippen LogP contribution is -2.38. The van der Waals surface area contributed by atoms with E-state index in [9.17, 15) is 9.59 Å². The highest BCUT2D eigenvalue weighted by Crippen LogP contribution is 2.18. The van der Waals surface area contributed by atoms with Crippen molar-refractivity contribution in [1.82, 2.24) is 5.32 Å². The van der Waals surface area contributed by atoms with Gasteiger partial charge >= 0.3 is 0 Å². The average Bonchev–Trinajstić information content (AvgIpc) is 2.85. The molecule has 4 N–H and O–H groups in total. The van der Waals surface area contributed by atoms with Gasteiger partial charge in [0.05, 0.1) is 0 Å². The SMILES string of the molecule is NCCOc1ccc(NC(=O)[C@@H]2CSC(=O)N2)cc1. The summed E-state index contributed by atoms with van der Waals surface area (Å²) in [5, 5.41) is 5.17. The van der Waals surface area contributed by atoms with Gasteiger partial charge in [-0.2, -0.15) is 0 Å². The number of carbonyl (C=O) groups excluding carboxylic acids is 2. The Hall–Kier alpha value is -1.73. The zero-order valence-electron chi connectivity index (χ0n) is 10.2. The van der Waals surface area contributed by atoms with Crippen molar-refractivity contribution in [3.05, 3.63) is 24.3 Å². The molecule has 0 aromatic heterocycles. The second kappa shape index (κ2) is 6.44. The number of nitrogens with two attached hydrogens (primary N) is 1. The summed E-state index contributed by atoms with van der Waals surface area (Å²) in [5.41, 5.74) is 6.00. The molecule has 2 rings (SSSR count). The van der Waals surface area contributed by atoms with E-state index in [1.165, 1.54) is 0 Å². The lowest BCUT2D eigenvalue weighted by molar-refractivity contribution is -0.117. The Morgan fingerprint density at radius 2 is 2.21 bits per heavy atom. The van der Waals surface area contributed by atoms with E-state index in [1.54, 1.807) is 24.3 Å². The molecule has 1 fully saturated rings. The van der Waals surface area contributed by atoms with Crippen LogP contribution in [-0.2, 0) is 4.79 Å². The number of benzene rings is 1. The van der Waals surface area contributed by atoms with Crippen LogP contribution in [0.15, 0.2) is 24.3 Å². The molecule has 0 radical (unpaired) electrons. The summed E-state index contributed by atoms with van der Waals surface area (Å²) in [7, 11) is 0. The van der Waals surface area contributed by atoms with Crippen molar-refractivity contribution >= 4 is 28.6 Å². The molecular formula is C12H15N3O3S. The van der Waals surface area contributed by atoms with Gasteiger partial charge in [-0.05, 0) is 24.3 Å². The van der Waals surface area contributed by atoms with Gasteiger partial charge in [0, 0.05) is 18.0 Å². The molecule has 1 aromatic rings. The van der Waals surface area contributed by atoms with E-state index in [2.05, 4.69) is 10.6 Å². The fourth-order valence-corrected chi connectivity index (χ4v) is 2.34. The Balaban J connectivity index is 1.88. The van der Waals surface area contributed by atoms with Crippen LogP contribution in [0.1, 0.15) is 0 Å². The van der Waals surface area contributed by atoms with Gasteiger partial charge in [-0.3, -0.25) is 9.59 Å². The Kier molecular flexibility index (Phi) is 4.64. The largest absolute Gasteiger partial charge is 0.492 e. The molecule has 1 heterocycles. The van der Waals surface area contributed by atoms with Crippen molar-refractivity contribution in [3.63, 3.8) is 0 Å². The Morgan fingerprint density at radius 3 is 2.79 bits per heavy atom. The molecular weight excluding hydrogens is 266 g/mol. The molecule has 0 bridgehead atoms. The van der Waals surface area contributed by atoms with E-state index >= 15 is 0 Å². The van der Waals surface area contributed by atoms with Crippen LogP contribution in [-0.4, -0.2) is 36.1 Å². The van der Waals surface area contributed by atoms with Gasteiger partial charge < -0.3 is 21.1 Å². The zero-order chi connectivity index (χ0) is 13.7. The van der Waals surface area contributed by atoms with Gasteiger partial charge in [-0.1, -0.05) is 11.8 Å². The molecule has 0 aliphatic carbocycles. The molecule has 102 valence electrons. The van der Waals surface area contributed by atoms with Crippen molar-refractivity contribution in [1.29, 1.82) is 0 Å². The van der Waals surface area contributed by atoms with Gasteiger partial charge in [-0.15, -0.1) is 0 Å². The van der Waals surface area contributed by atoms with Crippen LogP contribution in [0, 0.1) is 0 Å². The minimum absolute atomic E-state index is 0.161. The predicted octanol–water partition coefficient (Wildman–Crippen LogP) is 0.788. The summed E-state index contributed by atoms with van der Waals surface area (Å²) in [6.45, 7) is 0.911. The van der Waals surface area contributed by atoms with Crippen LogP contribution in [0.5, 0.6) is 5.75 Å². The average molecular weight is 281 g/mol. The van der Waals surface area contributed by atoms with E-state index in [0.29, 0.717) is 30.3 Å². The minimum atomic E-state index is -0.467. The molecule has 0 unspecified atom stereocenters. The molecule has 0 spiro atoms. The number of hydrogen-bond acceptors (Lipinski definition) is 5. The first-order valence-electron chi connectivity index (χ1n) is 5.86. The molecule has 0 saturated carbocycles. The molecule has 1 aliphatic rings. The Morgan fingerprint density at radius 1 is 1.47 bits per heavy atom. The van der Waals surface area contributed by atoms with Gasteiger partial charge in [0.25, 0.3) is 5.24 Å². The highest BCUT2D eigenvalue weighted by molar-refractivity contribution is 8.14. The molecule has 1 atom stereocenters. The third-order valence-electron chi connectivity index (χ3n) is 2.50. The lowest BCUT2D eigenvalue weighted by Gasteiger charge is -2.11. The summed E-state index contributed by atoms with van der Waals surface area (Å²) in [4.78, 5) is 22.8. The molecule has 2 amide bonds. The molecule has 1 aliphatic heterocycles. The van der Waals surface area contributed by atoms with Crippen molar-refractivity contribution in [3.8, 4) is 5.75 Å². The van der Waals surface area contributed by atoms with Crippen molar-refractivity contribution in [2.24, 2.45) is 5.73 Å². The summed E-state index contributed by atoms with van der Waals surface area (Å²) in [6.07, 6.45) is 0. The number of rotatable bonds is 5. The smallest absolute Gasteiger partial charge is 0.279 e. The van der Waals surface area contributed by atoms with E-state index in [-0.39, 0.29) is 11.1 Å². The first-order chi connectivity index (χ1) is 9.19. The van der Waals surface area contributed by atoms with Crippen LogP contribution in [0.3, 0.4) is 0 Å². The highest BCUT2D eigenvalue weighted by atomic mass is 32.2. The van der Waals surface area contributed by atoms with E-state index in [4.69, 9.17) is 10.5 Å². The van der Waals surface area contributed by atoms with Crippen molar-refractivity contribution in [2.75, 3.05) is 24.2 Å². The number of ether oxygens (including phenoxy) is 1. The maximum absolute atomic E-state index is 11.8. The van der Waals surface area contributed by atoms with Crippen LogP contribution in [0.25, 0.3) is 0 Å². The number of hydrogen-bond donors (Lipinski definition) is 3. The quantitative estimate of drug-likeness (QED) is 0.742. The molecule has 1 aromatic carbocycles. The summed E-state index contributed by atoms with van der Waals surface area (Å²) < 4.78 is 5.33. The predicted molar refractivity (Wildman–Crippen MR) is 74.4 cm³/mol. The standard InChI is InChI=1S/C12H15N3O3S/c13-5-6-18-9-3-1-8(2-4-9)14-11(16)10-7-19-12(17)15-10/h1-4,10H,5-7,13H2,(H,14,16)(H,15,17)/t10-/m0/s1. The Bertz CT molecular complexity index is 464. The van der Waals surface area contributed by atoms with E-state index < -0.39 is 6.04 Å². The first-order valence-corrected chi connectivity index (χ1v) is 6.84. The number of carbonyl (C=O) groups is 2. The van der Waals surface area contributed by atoms with Crippen LogP contribution in [0.2, 0.25) is 0 Å². The lowest BCUT2D eigenvalue weighted by atomic mass is 10.2. The minimum Gasteiger partial charge on any atom is -0.492 e. The number of nitrogens with one attached hydrogen (secondary N) is 2. The number of thioether (sulfide) groups is 1. The summed E-state index contributed by atoms with van der Waals surface area (Å²) in [5.74, 6) is 0.949. The molecule has 7 heteroatoms. The monoisotopic (exact) mass is 281 g/mol. The maximum Gasteiger partial charge on any atom is 0.279 e. The maximum atomic E-state index is 11.8. The molecule has 1 saturated heterocycles. The number of amides is 2. The van der Waals surface area contributed by atoms with Crippen molar-refractivity contribution < 1.29 is 14.3 Å². The Labute approximate surface area is 115 Å². The van der Waals surface area contributed by atoms with Gasteiger partial charge in [0.1, 0.15) is 18.4 Å². The molecule has 6 nitrogen and oxygen atoms in total. The second-order valence-electron chi connectivity index (χ2n) is 3.95. The second-order valence-corrected chi connectivity index (χ2v) is 4.94. The first kappa shape index (κ1) is 13.7. The molecule has 19 heavy (non-hydrogen) atoms. The van der Waals surface area contributed by atoms with E-state index in [1.807, 2.05) is 0 Å². The van der Waals surface area contributed by atoms with Crippen LogP contribution >= 0.6 is 11.8 Å².